The third kappa shape index (κ3) is 4.80. The van der Waals surface area contributed by atoms with E-state index >= 15 is 0 Å². The van der Waals surface area contributed by atoms with Crippen molar-refractivity contribution in [1.29, 1.82) is 0 Å². The van der Waals surface area contributed by atoms with E-state index in [-0.39, 0.29) is 41.8 Å². The summed E-state index contributed by atoms with van der Waals surface area (Å²) in [5.74, 6) is -1.20. The Morgan fingerprint density at radius 2 is 1.64 bits per heavy atom. The van der Waals surface area contributed by atoms with E-state index in [0.29, 0.717) is 29.1 Å². The monoisotopic (exact) mass is 449 g/mol. The van der Waals surface area contributed by atoms with Crippen LogP contribution < -0.4 is 10.6 Å². The molecule has 0 aliphatic carbocycles. The average Bonchev–Trinajstić information content (AvgIpc) is 3.36. The first-order valence-corrected chi connectivity index (χ1v) is 11.0. The van der Waals surface area contributed by atoms with E-state index in [4.69, 9.17) is 4.74 Å². The maximum absolute atomic E-state index is 12.8. The fraction of sp³-hybridized carbons (Fsp3) is 0.360. The molecule has 2 aromatic rings. The van der Waals surface area contributed by atoms with Crippen LogP contribution in [0, 0.1) is 5.41 Å². The number of carbonyl (C=O) groups excluding carboxylic acids is 4. The summed E-state index contributed by atoms with van der Waals surface area (Å²) in [7, 11) is 0. The Morgan fingerprint density at radius 3 is 2.27 bits per heavy atom. The third-order valence-electron chi connectivity index (χ3n) is 5.72. The molecule has 2 aromatic carbocycles. The lowest BCUT2D eigenvalue weighted by Crippen LogP contribution is -2.36. The van der Waals surface area contributed by atoms with E-state index in [0.717, 1.165) is 12.8 Å². The van der Waals surface area contributed by atoms with Crippen molar-refractivity contribution in [2.75, 3.05) is 23.8 Å². The van der Waals surface area contributed by atoms with Crippen LogP contribution >= 0.6 is 0 Å². The summed E-state index contributed by atoms with van der Waals surface area (Å²) in [6.07, 6.45) is 1.63. The fourth-order valence-corrected chi connectivity index (χ4v) is 3.75. The Hall–Kier alpha value is -3.52. The van der Waals surface area contributed by atoms with Crippen molar-refractivity contribution in [2.24, 2.45) is 5.41 Å². The number of anilines is 2. The molecule has 172 valence electrons. The predicted molar refractivity (Wildman–Crippen MR) is 123 cm³/mol. The normalized spacial score (nSPS) is 17.8. The zero-order valence-electron chi connectivity index (χ0n) is 18.9. The topological polar surface area (TPSA) is 105 Å². The van der Waals surface area contributed by atoms with Crippen LogP contribution in [-0.4, -0.2) is 47.8 Å². The van der Waals surface area contributed by atoms with Crippen LogP contribution in [0.3, 0.4) is 0 Å². The van der Waals surface area contributed by atoms with Crippen LogP contribution in [-0.2, 0) is 9.53 Å². The van der Waals surface area contributed by atoms with Crippen LogP contribution in [0.1, 0.15) is 64.7 Å². The highest BCUT2D eigenvalue weighted by atomic mass is 16.5. The summed E-state index contributed by atoms with van der Waals surface area (Å²) in [5, 5.41) is 5.57. The minimum absolute atomic E-state index is 0.120. The van der Waals surface area contributed by atoms with Crippen LogP contribution in [0.5, 0.6) is 0 Å². The maximum atomic E-state index is 12.8. The molecule has 1 atom stereocenters. The van der Waals surface area contributed by atoms with Gasteiger partial charge in [-0.15, -0.1) is 0 Å². The number of hydrogen-bond donors (Lipinski definition) is 2. The van der Waals surface area contributed by atoms with Gasteiger partial charge in [-0.05, 0) is 55.3 Å². The average molecular weight is 450 g/mol. The molecule has 1 saturated heterocycles. The molecule has 0 saturated carbocycles. The minimum Gasteiger partial charge on any atom is -0.376 e. The maximum Gasteiger partial charge on any atom is 0.261 e. The summed E-state index contributed by atoms with van der Waals surface area (Å²) in [5.41, 5.74) is 1.49. The molecule has 1 unspecified atom stereocenters. The van der Waals surface area contributed by atoms with Gasteiger partial charge in [-0.2, -0.15) is 0 Å². The standard InChI is InChI=1S/C25H27N3O5/c1-25(2,3)24(32)27-16-8-6-15(7-9-16)21(29)26-17-10-11-19-20(13-17)23(31)28(22(19)30)14-18-5-4-12-33-18/h6-11,13,18H,4-5,12,14H2,1-3H3,(H,26,29)(H,27,32). The van der Waals surface area contributed by atoms with E-state index in [1.54, 1.807) is 36.4 Å². The van der Waals surface area contributed by atoms with Crippen LogP contribution in [0.2, 0.25) is 0 Å². The molecule has 0 aromatic heterocycles. The highest BCUT2D eigenvalue weighted by Gasteiger charge is 2.37. The van der Waals surface area contributed by atoms with E-state index in [1.807, 2.05) is 20.8 Å². The van der Waals surface area contributed by atoms with E-state index in [2.05, 4.69) is 10.6 Å². The van der Waals surface area contributed by atoms with Crippen molar-refractivity contribution in [3.05, 3.63) is 59.2 Å². The molecule has 2 aliphatic rings. The summed E-state index contributed by atoms with van der Waals surface area (Å²) >= 11 is 0. The lowest BCUT2D eigenvalue weighted by molar-refractivity contribution is -0.123. The highest BCUT2D eigenvalue weighted by molar-refractivity contribution is 6.22. The quantitative estimate of drug-likeness (QED) is 0.678. The first kappa shape index (κ1) is 22.7. The van der Waals surface area contributed by atoms with Gasteiger partial charge in [-0.3, -0.25) is 24.1 Å². The molecule has 0 spiro atoms. The second-order valence-electron chi connectivity index (χ2n) is 9.35. The Balaban J connectivity index is 1.43. The smallest absolute Gasteiger partial charge is 0.261 e. The summed E-state index contributed by atoms with van der Waals surface area (Å²) < 4.78 is 5.56. The molecule has 33 heavy (non-hydrogen) atoms. The molecule has 4 amide bonds. The minimum atomic E-state index is -0.526. The van der Waals surface area contributed by atoms with Crippen molar-refractivity contribution in [3.8, 4) is 0 Å². The SMILES string of the molecule is CC(C)(C)C(=O)Nc1ccc(C(=O)Nc2ccc3c(c2)C(=O)N(CC2CCCO2)C3=O)cc1. The number of carbonyl (C=O) groups is 4. The van der Waals surface area contributed by atoms with E-state index < -0.39 is 5.41 Å². The molecule has 0 radical (unpaired) electrons. The van der Waals surface area contributed by atoms with Crippen molar-refractivity contribution in [1.82, 2.24) is 4.90 Å². The first-order chi connectivity index (χ1) is 15.6. The highest BCUT2D eigenvalue weighted by Crippen LogP contribution is 2.28. The van der Waals surface area contributed by atoms with E-state index in [9.17, 15) is 19.2 Å². The predicted octanol–water partition coefficient (Wildman–Crippen LogP) is 3.70. The van der Waals surface area contributed by atoms with Gasteiger partial charge in [0.15, 0.2) is 0 Å². The van der Waals surface area contributed by atoms with E-state index in [1.165, 1.54) is 11.0 Å². The number of ether oxygens (including phenoxy) is 1. The molecular formula is C25H27N3O5. The zero-order chi connectivity index (χ0) is 23.8. The molecule has 2 heterocycles. The molecule has 0 bridgehead atoms. The molecule has 1 fully saturated rings. The van der Waals surface area contributed by atoms with Crippen molar-refractivity contribution in [2.45, 2.75) is 39.7 Å². The first-order valence-electron chi connectivity index (χ1n) is 11.0. The van der Waals surface area contributed by atoms with Gasteiger partial charge in [-0.25, -0.2) is 0 Å². The Labute approximate surface area is 192 Å². The Kier molecular flexibility index (Phi) is 6.03. The second-order valence-corrected chi connectivity index (χ2v) is 9.35. The number of fused-ring (bicyclic) bond motifs is 1. The van der Waals surface area contributed by atoms with Gasteiger partial charge >= 0.3 is 0 Å². The lowest BCUT2D eigenvalue weighted by atomic mass is 9.95. The Bertz CT molecular complexity index is 1110. The largest absolute Gasteiger partial charge is 0.376 e. The lowest BCUT2D eigenvalue weighted by Gasteiger charge is -2.17. The van der Waals surface area contributed by atoms with Gasteiger partial charge in [-0.1, -0.05) is 20.8 Å². The fourth-order valence-electron chi connectivity index (χ4n) is 3.75. The Morgan fingerprint density at radius 1 is 0.970 bits per heavy atom. The molecule has 8 nitrogen and oxygen atoms in total. The number of nitrogens with zero attached hydrogens (tertiary/aromatic N) is 1. The molecule has 4 rings (SSSR count). The van der Waals surface area contributed by atoms with Crippen LogP contribution in [0.15, 0.2) is 42.5 Å². The van der Waals surface area contributed by atoms with Crippen molar-refractivity contribution in [3.63, 3.8) is 0 Å². The summed E-state index contributed by atoms with van der Waals surface area (Å²) in [4.78, 5) is 51.4. The van der Waals surface area contributed by atoms with Gasteiger partial charge in [0, 0.05) is 29.0 Å². The summed E-state index contributed by atoms with van der Waals surface area (Å²) in [6.45, 7) is 6.35. The number of amides is 4. The molecule has 2 aliphatic heterocycles. The van der Waals surface area contributed by atoms with Crippen LogP contribution in [0.4, 0.5) is 11.4 Å². The second kappa shape index (κ2) is 8.78. The van der Waals surface area contributed by atoms with Gasteiger partial charge < -0.3 is 15.4 Å². The van der Waals surface area contributed by atoms with Gasteiger partial charge in [0.1, 0.15) is 0 Å². The van der Waals surface area contributed by atoms with Gasteiger partial charge in [0.25, 0.3) is 17.7 Å². The third-order valence-corrected chi connectivity index (χ3v) is 5.72. The zero-order valence-corrected chi connectivity index (χ0v) is 18.9. The van der Waals surface area contributed by atoms with Crippen LogP contribution in [0.25, 0.3) is 0 Å². The van der Waals surface area contributed by atoms with Gasteiger partial charge in [0.2, 0.25) is 5.91 Å². The van der Waals surface area contributed by atoms with Crippen molar-refractivity contribution < 1.29 is 23.9 Å². The van der Waals surface area contributed by atoms with Gasteiger partial charge in [0.05, 0.1) is 23.8 Å². The number of nitrogens with one attached hydrogen (secondary N) is 2. The molecular weight excluding hydrogens is 422 g/mol. The van der Waals surface area contributed by atoms with Crippen molar-refractivity contribution >= 4 is 35.0 Å². The number of rotatable bonds is 5. The number of imide groups is 1. The number of hydrogen-bond acceptors (Lipinski definition) is 5. The molecule has 8 heteroatoms. The molecule has 2 N–H and O–H groups in total. The summed E-state index contributed by atoms with van der Waals surface area (Å²) in [6, 6.07) is 11.2. The number of benzene rings is 2.